The smallest absolute Gasteiger partial charge is 0.259 e. The molecule has 0 amide bonds. The zero-order valence-corrected chi connectivity index (χ0v) is 26.0. The molecule has 0 spiro atoms. The fraction of sp³-hybridized carbons (Fsp3) is 0.481. The summed E-state index contributed by atoms with van der Waals surface area (Å²) in [6.45, 7) is 13.7. The molecule has 4 N–H and O–H groups in total. The van der Waals surface area contributed by atoms with Gasteiger partial charge in [-0.2, -0.15) is 14.9 Å². The Labute approximate surface area is 241 Å². The van der Waals surface area contributed by atoms with E-state index in [2.05, 4.69) is 66.5 Å². The van der Waals surface area contributed by atoms with Crippen molar-refractivity contribution in [1.82, 2.24) is 39.8 Å². The fourth-order valence-corrected chi connectivity index (χ4v) is 7.87. The molecule has 0 fully saturated rings. The standard InChI is InChI=1S/C14H22N4O2S.C13H16N4O2S/c1-13(2,3)9-14(4,5)18-21(19,20)12-10-7-6-8-15-11(10)16-17-12;1-4-13(5-2,6-3)17-20(18,19)12-10-8-7-9-14-11(10)15-16-12/h6-8,18H,9H2,1-5H3,(H,15,16,17);1,7-9,17H,5-6H2,2-3H3,(H,14,15,16). The molecule has 41 heavy (non-hydrogen) atoms. The number of nitrogens with zero attached hydrogens (tertiary/aromatic N) is 4. The lowest BCUT2D eigenvalue weighted by molar-refractivity contribution is 0.269. The van der Waals surface area contributed by atoms with Gasteiger partial charge in [0.25, 0.3) is 20.0 Å². The number of pyridine rings is 2. The largest absolute Gasteiger partial charge is 0.263 e. The topological polar surface area (TPSA) is 175 Å². The second-order valence-corrected chi connectivity index (χ2v) is 14.9. The van der Waals surface area contributed by atoms with Crippen LogP contribution in [0.3, 0.4) is 0 Å². The Balaban J connectivity index is 0.000000226. The van der Waals surface area contributed by atoms with Gasteiger partial charge in [0, 0.05) is 17.9 Å². The van der Waals surface area contributed by atoms with Crippen LogP contribution >= 0.6 is 0 Å². The molecule has 0 aliphatic carbocycles. The van der Waals surface area contributed by atoms with E-state index in [9.17, 15) is 16.8 Å². The molecular formula is C27H38N8O4S2. The normalized spacial score (nSPS) is 13.1. The van der Waals surface area contributed by atoms with Gasteiger partial charge < -0.3 is 0 Å². The second kappa shape index (κ2) is 11.8. The van der Waals surface area contributed by atoms with Crippen LogP contribution in [0.25, 0.3) is 22.1 Å². The minimum Gasteiger partial charge on any atom is -0.263 e. The number of nitrogens with one attached hydrogen (secondary N) is 4. The third-order valence-corrected chi connectivity index (χ3v) is 9.50. The van der Waals surface area contributed by atoms with Crippen LogP contribution in [0.15, 0.2) is 46.7 Å². The van der Waals surface area contributed by atoms with Crippen molar-refractivity contribution >= 4 is 42.1 Å². The van der Waals surface area contributed by atoms with Gasteiger partial charge >= 0.3 is 0 Å². The molecule has 4 rings (SSSR count). The van der Waals surface area contributed by atoms with Gasteiger partial charge in [-0.3, -0.25) is 10.2 Å². The maximum absolute atomic E-state index is 12.6. The van der Waals surface area contributed by atoms with Crippen molar-refractivity contribution in [3.63, 3.8) is 0 Å². The van der Waals surface area contributed by atoms with Crippen LogP contribution in [0.5, 0.6) is 0 Å². The Hall–Kier alpha value is -3.38. The van der Waals surface area contributed by atoms with E-state index in [0.717, 1.165) is 0 Å². The number of sulfonamides is 2. The molecule has 0 saturated heterocycles. The second-order valence-electron chi connectivity index (χ2n) is 11.6. The fourth-order valence-electron chi connectivity index (χ4n) is 4.78. The van der Waals surface area contributed by atoms with Gasteiger partial charge in [0.2, 0.25) is 0 Å². The van der Waals surface area contributed by atoms with Gasteiger partial charge in [-0.15, -0.1) is 6.42 Å². The Kier molecular flexibility index (Phi) is 9.29. The maximum atomic E-state index is 12.6. The lowest BCUT2D eigenvalue weighted by Crippen LogP contribution is -2.46. The number of fused-ring (bicyclic) bond motifs is 2. The third kappa shape index (κ3) is 7.68. The van der Waals surface area contributed by atoms with Crippen LogP contribution in [0, 0.1) is 17.8 Å². The van der Waals surface area contributed by atoms with Crippen LogP contribution in [-0.2, 0) is 20.0 Å². The molecule has 4 aromatic rings. The highest BCUT2D eigenvalue weighted by Gasteiger charge is 2.33. The SMILES string of the molecule is C#CC(CC)(CC)NS(=O)(=O)c1[nH]nc2ncccc12.CC(C)(C)CC(C)(C)NS(=O)(=O)c1[nH]nc2ncccc12. The average Bonchev–Trinajstić information content (AvgIpc) is 3.51. The van der Waals surface area contributed by atoms with E-state index in [1.54, 1.807) is 36.7 Å². The van der Waals surface area contributed by atoms with Crippen LogP contribution in [0.2, 0.25) is 0 Å². The van der Waals surface area contributed by atoms with Gasteiger partial charge in [-0.1, -0.05) is 40.5 Å². The number of rotatable bonds is 9. The molecule has 0 aliphatic rings. The minimum atomic E-state index is -3.79. The number of terminal acetylenes is 1. The first-order valence-corrected chi connectivity index (χ1v) is 16.1. The van der Waals surface area contributed by atoms with Crippen molar-refractivity contribution < 1.29 is 16.8 Å². The summed E-state index contributed by atoms with van der Waals surface area (Å²) in [5, 5.41) is 13.9. The Morgan fingerprint density at radius 3 is 1.63 bits per heavy atom. The summed E-state index contributed by atoms with van der Waals surface area (Å²) in [6.07, 6.45) is 10.3. The third-order valence-electron chi connectivity index (χ3n) is 6.32. The maximum Gasteiger partial charge on any atom is 0.259 e. The van der Waals surface area contributed by atoms with E-state index in [1.165, 1.54) is 0 Å². The van der Waals surface area contributed by atoms with Crippen molar-refractivity contribution in [2.75, 3.05) is 0 Å². The Bertz CT molecular complexity index is 1760. The molecule has 4 aromatic heterocycles. The van der Waals surface area contributed by atoms with Crippen LogP contribution in [0.4, 0.5) is 0 Å². The zero-order chi connectivity index (χ0) is 30.7. The van der Waals surface area contributed by atoms with Crippen molar-refractivity contribution in [1.29, 1.82) is 0 Å². The van der Waals surface area contributed by atoms with Crippen LogP contribution in [0.1, 0.15) is 67.7 Å². The number of aromatic nitrogens is 6. The van der Waals surface area contributed by atoms with Gasteiger partial charge in [-0.05, 0) is 62.8 Å². The van der Waals surface area contributed by atoms with Gasteiger partial charge in [0.1, 0.15) is 0 Å². The Morgan fingerprint density at radius 1 is 0.805 bits per heavy atom. The van der Waals surface area contributed by atoms with E-state index in [-0.39, 0.29) is 15.5 Å². The molecule has 0 aliphatic heterocycles. The quantitative estimate of drug-likeness (QED) is 0.209. The van der Waals surface area contributed by atoms with Crippen LogP contribution < -0.4 is 9.44 Å². The molecule has 0 aromatic carbocycles. The van der Waals surface area contributed by atoms with Gasteiger partial charge in [0.05, 0.1) is 16.3 Å². The van der Waals surface area contributed by atoms with Crippen molar-refractivity contribution in [3.05, 3.63) is 36.7 Å². The molecule has 4 heterocycles. The number of aromatic amines is 2. The molecule has 0 radical (unpaired) electrons. The van der Waals surface area contributed by atoms with E-state index < -0.39 is 31.1 Å². The summed E-state index contributed by atoms with van der Waals surface area (Å²) in [5.41, 5.74) is -0.683. The summed E-state index contributed by atoms with van der Waals surface area (Å²) in [5.74, 6) is 2.54. The lowest BCUT2D eigenvalue weighted by atomic mass is 9.82. The minimum absolute atomic E-state index is 0.0119. The van der Waals surface area contributed by atoms with E-state index in [4.69, 9.17) is 6.42 Å². The zero-order valence-electron chi connectivity index (χ0n) is 24.4. The predicted molar refractivity (Wildman–Crippen MR) is 159 cm³/mol. The molecule has 12 nitrogen and oxygen atoms in total. The summed E-state index contributed by atoms with van der Waals surface area (Å²) in [4.78, 5) is 8.03. The predicted octanol–water partition coefficient (Wildman–Crippen LogP) is 3.88. The van der Waals surface area contributed by atoms with Crippen molar-refractivity contribution in [2.45, 2.75) is 88.9 Å². The molecule has 222 valence electrons. The number of hydrogen-bond acceptors (Lipinski definition) is 8. The highest BCUT2D eigenvalue weighted by molar-refractivity contribution is 7.90. The molecule has 0 bridgehead atoms. The molecule has 0 saturated carbocycles. The summed E-state index contributed by atoms with van der Waals surface area (Å²) in [6, 6.07) is 6.69. The highest BCUT2D eigenvalue weighted by Crippen LogP contribution is 2.29. The first-order chi connectivity index (χ1) is 19.0. The van der Waals surface area contributed by atoms with Crippen molar-refractivity contribution in [2.24, 2.45) is 5.41 Å². The summed E-state index contributed by atoms with van der Waals surface area (Å²) in [7, 11) is -7.47. The van der Waals surface area contributed by atoms with Crippen molar-refractivity contribution in [3.8, 4) is 12.3 Å². The average molecular weight is 603 g/mol. The molecule has 0 unspecified atom stereocenters. The molecule has 14 heteroatoms. The molecular weight excluding hydrogens is 564 g/mol. The first kappa shape index (κ1) is 32.1. The van der Waals surface area contributed by atoms with Gasteiger partial charge in [-0.25, -0.2) is 31.5 Å². The van der Waals surface area contributed by atoms with E-state index >= 15 is 0 Å². The highest BCUT2D eigenvalue weighted by atomic mass is 32.2. The monoisotopic (exact) mass is 602 g/mol. The lowest BCUT2D eigenvalue weighted by Gasteiger charge is -2.32. The first-order valence-electron chi connectivity index (χ1n) is 13.1. The van der Waals surface area contributed by atoms with Gasteiger partial charge in [0.15, 0.2) is 21.3 Å². The van der Waals surface area contributed by atoms with E-state index in [1.807, 2.05) is 27.7 Å². The number of hydrogen-bond donors (Lipinski definition) is 4. The summed E-state index contributed by atoms with van der Waals surface area (Å²) < 4.78 is 55.5. The number of H-pyrrole nitrogens is 2. The molecule has 0 atom stereocenters. The van der Waals surface area contributed by atoms with Crippen LogP contribution in [-0.4, -0.2) is 58.3 Å². The van der Waals surface area contributed by atoms with E-state index in [0.29, 0.717) is 41.3 Å². The summed E-state index contributed by atoms with van der Waals surface area (Å²) >= 11 is 0. The Morgan fingerprint density at radius 2 is 1.24 bits per heavy atom.